The van der Waals surface area contributed by atoms with E-state index in [1.54, 1.807) is 6.20 Å². The molecule has 0 saturated carbocycles. The van der Waals surface area contributed by atoms with Crippen molar-refractivity contribution in [3.63, 3.8) is 0 Å². The third kappa shape index (κ3) is 3.44. The number of methoxy groups -OCH3 is 1. The lowest BCUT2D eigenvalue weighted by Crippen LogP contribution is -2.26. The van der Waals surface area contributed by atoms with Crippen LogP contribution in [-0.2, 0) is 0 Å². The lowest BCUT2D eigenvalue weighted by Gasteiger charge is -2.15. The summed E-state index contributed by atoms with van der Waals surface area (Å²) in [7, 11) is 1.54. The topological polar surface area (TPSA) is 50.3 Å². The van der Waals surface area contributed by atoms with E-state index in [0.29, 0.717) is 16.9 Å². The van der Waals surface area contributed by atoms with Crippen LogP contribution in [0.25, 0.3) is 0 Å². The van der Waals surface area contributed by atoms with E-state index < -0.39 is 0 Å². The Morgan fingerprint density at radius 1 is 1.47 bits per heavy atom. The molecule has 2 rings (SSSR count). The maximum Gasteiger partial charge on any atom is 0.318 e. The zero-order valence-electron chi connectivity index (χ0n) is 9.95. The molecule has 0 radical (unpaired) electrons. The molecule has 0 unspecified atom stereocenters. The summed E-state index contributed by atoms with van der Waals surface area (Å²) < 4.78 is 4.96. The number of hydrogen-bond acceptors (Lipinski definition) is 5. The first kappa shape index (κ1) is 12.4. The van der Waals surface area contributed by atoms with E-state index in [9.17, 15) is 0 Å². The summed E-state index contributed by atoms with van der Waals surface area (Å²) >= 11 is 5.99. The van der Waals surface area contributed by atoms with E-state index in [2.05, 4.69) is 20.2 Å². The van der Waals surface area contributed by atoms with Gasteiger partial charge in [0.25, 0.3) is 0 Å². The van der Waals surface area contributed by atoms with Crippen LogP contribution in [-0.4, -0.2) is 48.2 Å². The highest BCUT2D eigenvalue weighted by atomic mass is 35.5. The van der Waals surface area contributed by atoms with Crippen molar-refractivity contribution < 1.29 is 4.74 Å². The Morgan fingerprint density at radius 3 is 2.94 bits per heavy atom. The molecule has 1 aliphatic heterocycles. The molecule has 94 valence electrons. The Morgan fingerprint density at radius 2 is 2.24 bits per heavy atom. The fourth-order valence-corrected chi connectivity index (χ4v) is 2.07. The second-order valence-corrected chi connectivity index (χ2v) is 4.44. The van der Waals surface area contributed by atoms with Crippen molar-refractivity contribution >= 4 is 17.4 Å². The number of rotatable bonds is 5. The number of anilines is 1. The Kier molecular flexibility index (Phi) is 4.39. The largest absolute Gasteiger partial charge is 0.467 e. The van der Waals surface area contributed by atoms with Crippen LogP contribution in [0.2, 0.25) is 5.02 Å². The summed E-state index contributed by atoms with van der Waals surface area (Å²) in [6.07, 6.45) is 4.16. The minimum atomic E-state index is 0.332. The van der Waals surface area contributed by atoms with Gasteiger partial charge >= 0.3 is 6.01 Å². The van der Waals surface area contributed by atoms with Gasteiger partial charge in [0.05, 0.1) is 13.3 Å². The quantitative estimate of drug-likeness (QED) is 0.868. The number of nitrogens with zero attached hydrogens (tertiary/aromatic N) is 3. The van der Waals surface area contributed by atoms with Crippen LogP contribution < -0.4 is 10.1 Å². The average Bonchev–Trinajstić information content (AvgIpc) is 2.84. The second kappa shape index (κ2) is 6.02. The average molecular weight is 257 g/mol. The summed E-state index contributed by atoms with van der Waals surface area (Å²) in [6.45, 7) is 4.24. The molecule has 0 atom stereocenters. The van der Waals surface area contributed by atoms with Gasteiger partial charge in [0.1, 0.15) is 5.02 Å². The van der Waals surface area contributed by atoms with E-state index in [1.807, 2.05) is 0 Å². The van der Waals surface area contributed by atoms with E-state index in [4.69, 9.17) is 16.3 Å². The van der Waals surface area contributed by atoms with Crippen molar-refractivity contribution in [2.45, 2.75) is 12.8 Å². The molecule has 0 spiro atoms. The maximum absolute atomic E-state index is 5.99. The van der Waals surface area contributed by atoms with Crippen LogP contribution in [0.15, 0.2) is 6.20 Å². The van der Waals surface area contributed by atoms with Crippen LogP contribution in [0.4, 0.5) is 5.82 Å². The summed E-state index contributed by atoms with van der Waals surface area (Å²) in [4.78, 5) is 10.5. The predicted molar refractivity (Wildman–Crippen MR) is 67.8 cm³/mol. The standard InChI is InChI=1S/C11H17ClN4O/c1-17-11-14-8-9(12)10(15-11)13-4-7-16-5-2-3-6-16/h8H,2-7H2,1H3,(H,13,14,15). The lowest BCUT2D eigenvalue weighted by molar-refractivity contribution is 0.352. The lowest BCUT2D eigenvalue weighted by atomic mass is 10.4. The van der Waals surface area contributed by atoms with Crippen molar-refractivity contribution in [1.29, 1.82) is 0 Å². The van der Waals surface area contributed by atoms with Crippen molar-refractivity contribution in [2.75, 3.05) is 38.6 Å². The summed E-state index contributed by atoms with van der Waals surface area (Å²) in [5, 5.41) is 3.73. The number of nitrogens with one attached hydrogen (secondary N) is 1. The van der Waals surface area contributed by atoms with Crippen LogP contribution in [0.1, 0.15) is 12.8 Å². The zero-order chi connectivity index (χ0) is 12.1. The predicted octanol–water partition coefficient (Wildman–Crippen LogP) is 1.65. The fourth-order valence-electron chi connectivity index (χ4n) is 1.91. The summed E-state index contributed by atoms with van der Waals surface area (Å²) in [5.74, 6) is 0.637. The second-order valence-electron chi connectivity index (χ2n) is 4.03. The molecular formula is C11H17ClN4O. The number of halogens is 1. The third-order valence-electron chi connectivity index (χ3n) is 2.82. The molecule has 17 heavy (non-hydrogen) atoms. The molecule has 1 aromatic heterocycles. The number of hydrogen-bond donors (Lipinski definition) is 1. The van der Waals surface area contributed by atoms with Gasteiger partial charge in [-0.3, -0.25) is 0 Å². The zero-order valence-corrected chi connectivity index (χ0v) is 10.7. The van der Waals surface area contributed by atoms with Crippen LogP contribution in [0, 0.1) is 0 Å². The Balaban J connectivity index is 1.84. The van der Waals surface area contributed by atoms with Gasteiger partial charge in [-0.05, 0) is 25.9 Å². The van der Waals surface area contributed by atoms with Crippen molar-refractivity contribution in [2.24, 2.45) is 0 Å². The number of ether oxygens (including phenoxy) is 1. The molecule has 1 N–H and O–H groups in total. The van der Waals surface area contributed by atoms with E-state index >= 15 is 0 Å². The van der Waals surface area contributed by atoms with Gasteiger partial charge in [-0.1, -0.05) is 11.6 Å². The minimum absolute atomic E-state index is 0.332. The highest BCUT2D eigenvalue weighted by Crippen LogP contribution is 2.19. The van der Waals surface area contributed by atoms with Crippen molar-refractivity contribution in [3.8, 4) is 6.01 Å². The first-order valence-corrected chi connectivity index (χ1v) is 6.20. The highest BCUT2D eigenvalue weighted by Gasteiger charge is 2.11. The van der Waals surface area contributed by atoms with E-state index in [0.717, 1.165) is 13.1 Å². The monoisotopic (exact) mass is 256 g/mol. The normalized spacial score (nSPS) is 16.1. The molecule has 6 heteroatoms. The Bertz CT molecular complexity index is 368. The van der Waals surface area contributed by atoms with Gasteiger partial charge in [0.2, 0.25) is 0 Å². The highest BCUT2D eigenvalue weighted by molar-refractivity contribution is 6.32. The smallest absolute Gasteiger partial charge is 0.318 e. The van der Waals surface area contributed by atoms with Crippen molar-refractivity contribution in [1.82, 2.24) is 14.9 Å². The molecule has 5 nitrogen and oxygen atoms in total. The first-order chi connectivity index (χ1) is 8.29. The molecule has 0 bridgehead atoms. The maximum atomic E-state index is 5.99. The Hall–Kier alpha value is -1.07. The van der Waals surface area contributed by atoms with Crippen LogP contribution >= 0.6 is 11.6 Å². The fraction of sp³-hybridized carbons (Fsp3) is 0.636. The molecule has 2 heterocycles. The van der Waals surface area contributed by atoms with Crippen molar-refractivity contribution in [3.05, 3.63) is 11.2 Å². The third-order valence-corrected chi connectivity index (χ3v) is 3.10. The Labute approximate surface area is 106 Å². The van der Waals surface area contributed by atoms with Gasteiger partial charge in [-0.25, -0.2) is 4.98 Å². The molecule has 1 aromatic rings. The molecule has 1 fully saturated rings. The van der Waals surface area contributed by atoms with Gasteiger partial charge in [0, 0.05) is 13.1 Å². The molecule has 1 saturated heterocycles. The summed E-state index contributed by atoms with van der Waals surface area (Å²) in [5.41, 5.74) is 0. The van der Waals surface area contributed by atoms with E-state index in [-0.39, 0.29) is 0 Å². The van der Waals surface area contributed by atoms with E-state index in [1.165, 1.54) is 33.0 Å². The molecule has 0 aromatic carbocycles. The van der Waals surface area contributed by atoms with Gasteiger partial charge < -0.3 is 15.0 Å². The van der Waals surface area contributed by atoms with Gasteiger partial charge in [-0.2, -0.15) is 4.98 Å². The minimum Gasteiger partial charge on any atom is -0.467 e. The first-order valence-electron chi connectivity index (χ1n) is 5.82. The molecular weight excluding hydrogens is 240 g/mol. The molecule has 0 amide bonds. The number of aromatic nitrogens is 2. The number of likely N-dealkylation sites (tertiary alicyclic amines) is 1. The molecule has 1 aliphatic rings. The summed E-state index contributed by atoms with van der Waals surface area (Å²) in [6, 6.07) is 0.332. The van der Waals surface area contributed by atoms with Crippen LogP contribution in [0.5, 0.6) is 6.01 Å². The van der Waals surface area contributed by atoms with Crippen LogP contribution in [0.3, 0.4) is 0 Å². The molecule has 0 aliphatic carbocycles. The SMILES string of the molecule is COc1ncc(Cl)c(NCCN2CCCC2)n1. The van der Waals surface area contributed by atoms with Gasteiger partial charge in [-0.15, -0.1) is 0 Å². The van der Waals surface area contributed by atoms with Gasteiger partial charge in [0.15, 0.2) is 5.82 Å².